The van der Waals surface area contributed by atoms with Gasteiger partial charge in [-0.15, -0.1) is 0 Å². The summed E-state index contributed by atoms with van der Waals surface area (Å²) >= 11 is 0. The van der Waals surface area contributed by atoms with E-state index in [0.717, 1.165) is 12.8 Å². The molecule has 6 heteroatoms. The highest BCUT2D eigenvalue weighted by Crippen LogP contribution is 2.28. The number of phenols is 1. The van der Waals surface area contributed by atoms with Crippen LogP contribution in [0.3, 0.4) is 0 Å². The molecule has 0 aliphatic carbocycles. The zero-order valence-corrected chi connectivity index (χ0v) is 21.8. The Hall–Kier alpha value is -3.67. The van der Waals surface area contributed by atoms with Crippen molar-refractivity contribution in [3.8, 4) is 28.7 Å². The van der Waals surface area contributed by atoms with Gasteiger partial charge in [-0.2, -0.15) is 0 Å². The van der Waals surface area contributed by atoms with Crippen LogP contribution in [0.2, 0.25) is 0 Å². The maximum Gasteiger partial charge on any atom is 0.411 e. The highest BCUT2D eigenvalue weighted by molar-refractivity contribution is 5.84. The van der Waals surface area contributed by atoms with Crippen molar-refractivity contribution in [3.05, 3.63) is 72.8 Å². The van der Waals surface area contributed by atoms with E-state index in [0.29, 0.717) is 35.3 Å². The van der Waals surface area contributed by atoms with Crippen molar-refractivity contribution < 1.29 is 24.1 Å². The van der Waals surface area contributed by atoms with Crippen LogP contribution >= 0.6 is 0 Å². The van der Waals surface area contributed by atoms with Crippen molar-refractivity contribution in [1.82, 2.24) is 0 Å². The van der Waals surface area contributed by atoms with Gasteiger partial charge in [-0.05, 0) is 79.2 Å². The first-order valence-corrected chi connectivity index (χ1v) is 13.4. The van der Waals surface area contributed by atoms with Crippen molar-refractivity contribution in [2.24, 2.45) is 0 Å². The summed E-state index contributed by atoms with van der Waals surface area (Å²) < 4.78 is 16.9. The second kappa shape index (κ2) is 16.1. The summed E-state index contributed by atoms with van der Waals surface area (Å²) in [4.78, 5) is 12.0. The summed E-state index contributed by atoms with van der Waals surface area (Å²) in [5.41, 5.74) is 0.651. The first-order valence-electron chi connectivity index (χ1n) is 13.4. The van der Waals surface area contributed by atoms with Gasteiger partial charge in [-0.3, -0.25) is 5.32 Å². The van der Waals surface area contributed by atoms with Crippen LogP contribution in [0.5, 0.6) is 28.7 Å². The molecule has 0 atom stereocenters. The third kappa shape index (κ3) is 11.3. The molecule has 0 saturated carbocycles. The van der Waals surface area contributed by atoms with Crippen LogP contribution < -0.4 is 14.8 Å². The number of anilines is 1. The van der Waals surface area contributed by atoms with Gasteiger partial charge in [0.25, 0.3) is 0 Å². The van der Waals surface area contributed by atoms with Crippen LogP contribution in [0, 0.1) is 0 Å². The average molecular weight is 506 g/mol. The topological polar surface area (TPSA) is 77.0 Å². The molecule has 6 nitrogen and oxygen atoms in total. The van der Waals surface area contributed by atoms with E-state index in [-0.39, 0.29) is 5.75 Å². The van der Waals surface area contributed by atoms with Crippen molar-refractivity contribution in [2.45, 2.75) is 71.1 Å². The minimum Gasteiger partial charge on any atom is -0.508 e. The molecule has 198 valence electrons. The number of hydrogen-bond donors (Lipinski definition) is 2. The number of rotatable bonds is 16. The zero-order valence-electron chi connectivity index (χ0n) is 21.8. The third-order valence-electron chi connectivity index (χ3n) is 5.96. The number of hydrogen-bond acceptors (Lipinski definition) is 5. The Labute approximate surface area is 220 Å². The van der Waals surface area contributed by atoms with Crippen molar-refractivity contribution in [2.75, 3.05) is 11.9 Å². The van der Waals surface area contributed by atoms with Crippen LogP contribution in [0.25, 0.3) is 0 Å². The molecular weight excluding hydrogens is 466 g/mol. The third-order valence-corrected chi connectivity index (χ3v) is 5.96. The van der Waals surface area contributed by atoms with E-state index in [9.17, 15) is 9.90 Å². The second-order valence-corrected chi connectivity index (χ2v) is 9.14. The van der Waals surface area contributed by atoms with E-state index < -0.39 is 6.09 Å². The molecule has 37 heavy (non-hydrogen) atoms. The lowest BCUT2D eigenvalue weighted by atomic mass is 10.1. The van der Waals surface area contributed by atoms with Crippen molar-refractivity contribution >= 4 is 11.8 Å². The summed E-state index contributed by atoms with van der Waals surface area (Å²) in [5, 5.41) is 12.1. The van der Waals surface area contributed by atoms with E-state index in [2.05, 4.69) is 12.2 Å². The Balaban J connectivity index is 1.29. The van der Waals surface area contributed by atoms with Gasteiger partial charge in [-0.25, -0.2) is 4.79 Å². The molecule has 0 heterocycles. The number of amides is 1. The highest BCUT2D eigenvalue weighted by atomic mass is 16.5. The Morgan fingerprint density at radius 1 is 0.622 bits per heavy atom. The van der Waals surface area contributed by atoms with Crippen LogP contribution in [0.15, 0.2) is 72.8 Å². The number of unbranched alkanes of at least 4 members (excludes halogenated alkanes) is 9. The Morgan fingerprint density at radius 2 is 1.03 bits per heavy atom. The number of phenolic OH excluding ortho intramolecular Hbond substituents is 1. The predicted octanol–water partition coefficient (Wildman–Crippen LogP) is 9.45. The second-order valence-electron chi connectivity index (χ2n) is 9.14. The minimum atomic E-state index is -0.436. The number of aromatic hydroxyl groups is 1. The van der Waals surface area contributed by atoms with Crippen LogP contribution in [-0.2, 0) is 4.74 Å². The minimum absolute atomic E-state index is 0.193. The van der Waals surface area contributed by atoms with Crippen molar-refractivity contribution in [1.29, 1.82) is 0 Å². The Morgan fingerprint density at radius 3 is 1.51 bits per heavy atom. The van der Waals surface area contributed by atoms with E-state index in [1.165, 1.54) is 51.4 Å². The molecule has 3 rings (SSSR count). The molecule has 0 fully saturated rings. The van der Waals surface area contributed by atoms with Gasteiger partial charge < -0.3 is 19.3 Å². The molecule has 0 saturated heterocycles. The molecule has 3 aromatic carbocycles. The molecule has 0 unspecified atom stereocenters. The first kappa shape index (κ1) is 27.9. The predicted molar refractivity (Wildman–Crippen MR) is 148 cm³/mol. The molecule has 0 bridgehead atoms. The average Bonchev–Trinajstić information content (AvgIpc) is 2.91. The van der Waals surface area contributed by atoms with Gasteiger partial charge in [0.2, 0.25) is 0 Å². The number of carbonyl (C=O) groups excluding carboxylic acids is 1. The molecule has 0 aromatic heterocycles. The lowest BCUT2D eigenvalue weighted by Gasteiger charge is -2.10. The summed E-state index contributed by atoms with van der Waals surface area (Å²) in [6, 6.07) is 20.9. The lowest BCUT2D eigenvalue weighted by Crippen LogP contribution is -2.14. The maximum atomic E-state index is 12.0. The van der Waals surface area contributed by atoms with Gasteiger partial charge in [0.05, 0.1) is 6.61 Å². The lowest BCUT2D eigenvalue weighted by molar-refractivity contribution is 0.159. The Bertz CT molecular complexity index is 1030. The molecule has 0 spiro atoms. The molecule has 0 aliphatic heterocycles. The fourth-order valence-corrected chi connectivity index (χ4v) is 3.88. The Kier molecular flexibility index (Phi) is 12.2. The van der Waals surface area contributed by atoms with Crippen LogP contribution in [0.1, 0.15) is 71.1 Å². The van der Waals surface area contributed by atoms with Gasteiger partial charge >= 0.3 is 6.09 Å². The fourth-order valence-electron chi connectivity index (χ4n) is 3.88. The molecule has 0 radical (unpaired) electrons. The quantitative estimate of drug-likeness (QED) is 0.190. The van der Waals surface area contributed by atoms with Crippen LogP contribution in [0.4, 0.5) is 10.5 Å². The number of ether oxygens (including phenoxy) is 3. The van der Waals surface area contributed by atoms with Crippen LogP contribution in [-0.4, -0.2) is 17.8 Å². The highest BCUT2D eigenvalue weighted by Gasteiger charge is 2.05. The van der Waals surface area contributed by atoms with Gasteiger partial charge in [-0.1, -0.05) is 64.7 Å². The fraction of sp³-hybridized carbons (Fsp3) is 0.387. The molecular formula is C31H39NO5. The smallest absolute Gasteiger partial charge is 0.411 e. The summed E-state index contributed by atoms with van der Waals surface area (Å²) in [6.07, 6.45) is 12.0. The van der Waals surface area contributed by atoms with Crippen molar-refractivity contribution in [3.63, 3.8) is 0 Å². The summed E-state index contributed by atoms with van der Waals surface area (Å²) in [6.45, 7) is 2.69. The van der Waals surface area contributed by atoms with Gasteiger partial charge in [0, 0.05) is 5.69 Å². The molecule has 3 aromatic rings. The maximum absolute atomic E-state index is 12.0. The SMILES string of the molecule is CCCCCCCCCCCCOC(=O)Nc1ccc(Oc2ccc(Oc3ccc(O)cc3)cc2)cc1. The van der Waals surface area contributed by atoms with Gasteiger partial charge in [0.1, 0.15) is 28.7 Å². The zero-order chi connectivity index (χ0) is 26.1. The van der Waals surface area contributed by atoms with E-state index in [1.807, 2.05) is 24.3 Å². The number of carbonyl (C=O) groups is 1. The van der Waals surface area contributed by atoms with E-state index >= 15 is 0 Å². The molecule has 1 amide bonds. The molecule has 0 aliphatic rings. The largest absolute Gasteiger partial charge is 0.508 e. The normalized spacial score (nSPS) is 10.6. The number of benzene rings is 3. The summed E-state index contributed by atoms with van der Waals surface area (Å²) in [5.74, 6) is 2.80. The number of nitrogens with one attached hydrogen (secondary N) is 1. The van der Waals surface area contributed by atoms with E-state index in [4.69, 9.17) is 14.2 Å². The monoisotopic (exact) mass is 505 g/mol. The van der Waals surface area contributed by atoms with Gasteiger partial charge in [0.15, 0.2) is 0 Å². The van der Waals surface area contributed by atoms with E-state index in [1.54, 1.807) is 48.5 Å². The first-order chi connectivity index (χ1) is 18.1. The molecule has 2 N–H and O–H groups in total. The standard InChI is InChI=1S/C31H39NO5/c1-2-3-4-5-6-7-8-9-10-11-24-35-31(34)32-25-12-16-27(17-13-25)36-29-20-22-30(23-21-29)37-28-18-14-26(33)15-19-28/h12-23,33H,2-11,24H2,1H3,(H,32,34). The summed E-state index contributed by atoms with van der Waals surface area (Å²) in [7, 11) is 0.